The van der Waals surface area contributed by atoms with Gasteiger partial charge in [-0.15, -0.1) is 0 Å². The van der Waals surface area contributed by atoms with Crippen molar-refractivity contribution in [2.24, 2.45) is 0 Å². The summed E-state index contributed by atoms with van der Waals surface area (Å²) in [5.74, 6) is -0.262. The first-order valence-corrected chi connectivity index (χ1v) is 11.5. The molecule has 0 spiro atoms. The summed E-state index contributed by atoms with van der Waals surface area (Å²) in [5, 5.41) is 0. The molecule has 0 saturated carbocycles. The average Bonchev–Trinajstić information content (AvgIpc) is 3.18. The highest BCUT2D eigenvalue weighted by atomic mass is 16.7. The Hall–Kier alpha value is -3.29. The van der Waals surface area contributed by atoms with Crippen molar-refractivity contribution in [1.29, 1.82) is 0 Å². The summed E-state index contributed by atoms with van der Waals surface area (Å²) in [6, 6.07) is 3.47. The van der Waals surface area contributed by atoms with E-state index in [1.807, 2.05) is 4.57 Å². The van der Waals surface area contributed by atoms with Gasteiger partial charge in [-0.25, -0.2) is 9.69 Å². The molecular weight excluding hydrogens is 438 g/mol. The summed E-state index contributed by atoms with van der Waals surface area (Å²) in [6.45, 7) is 12.5. The van der Waals surface area contributed by atoms with E-state index in [9.17, 15) is 9.59 Å². The third-order valence-corrected chi connectivity index (χ3v) is 5.65. The first-order valence-electron chi connectivity index (χ1n) is 11.5. The van der Waals surface area contributed by atoms with Crippen LogP contribution in [0.15, 0.2) is 18.3 Å². The van der Waals surface area contributed by atoms with Crippen LogP contribution in [0.25, 0.3) is 16.2 Å². The molecule has 2 aliphatic heterocycles. The fraction of sp³-hybridized carbons (Fsp3) is 0.542. The highest BCUT2D eigenvalue weighted by molar-refractivity contribution is 6.05. The number of imide groups is 1. The number of fused-ring (bicyclic) bond motifs is 1. The third kappa shape index (κ3) is 5.26. The molecule has 4 rings (SSSR count). The summed E-state index contributed by atoms with van der Waals surface area (Å²) in [4.78, 5) is 39.0. The van der Waals surface area contributed by atoms with Crippen LogP contribution in [0.1, 0.15) is 56.1 Å². The van der Waals surface area contributed by atoms with Crippen LogP contribution in [0.4, 0.5) is 10.7 Å². The molecule has 2 aromatic rings. The predicted octanol–water partition coefficient (Wildman–Crippen LogP) is 4.02. The molecule has 0 N–H and O–H groups in total. The molecule has 1 unspecified atom stereocenters. The van der Waals surface area contributed by atoms with E-state index >= 15 is 0 Å². The molecule has 1 fully saturated rings. The number of ether oxygens (including phenoxy) is 3. The molecule has 1 saturated heterocycles. The van der Waals surface area contributed by atoms with Crippen LogP contribution < -0.4 is 0 Å². The van der Waals surface area contributed by atoms with Crippen molar-refractivity contribution in [3.63, 3.8) is 0 Å². The third-order valence-electron chi connectivity index (χ3n) is 5.65. The SMILES string of the molecule is C#[N+]c1nccc(-c2cc3c(n2CCOC2CCCCO2)CCN(C(=O)OC(C)(C)C)C3=O)n1. The Morgan fingerprint density at radius 2 is 2.18 bits per heavy atom. The molecule has 1 atom stereocenters. The minimum atomic E-state index is -0.698. The number of hydrogen-bond donors (Lipinski definition) is 0. The van der Waals surface area contributed by atoms with Gasteiger partial charge in [0.1, 0.15) is 18.4 Å². The van der Waals surface area contributed by atoms with E-state index in [0.717, 1.165) is 29.9 Å². The molecule has 180 valence electrons. The predicted molar refractivity (Wildman–Crippen MR) is 124 cm³/mol. The number of nitrogens with zero attached hydrogens (tertiary/aromatic N) is 5. The Morgan fingerprint density at radius 1 is 1.35 bits per heavy atom. The molecular formula is C24H30N5O5+. The van der Waals surface area contributed by atoms with E-state index in [1.54, 1.807) is 39.1 Å². The second-order valence-corrected chi connectivity index (χ2v) is 9.27. The van der Waals surface area contributed by atoms with E-state index in [2.05, 4.69) is 14.8 Å². The molecule has 34 heavy (non-hydrogen) atoms. The minimum absolute atomic E-state index is 0.136. The summed E-state index contributed by atoms with van der Waals surface area (Å²) in [7, 11) is 0. The highest BCUT2D eigenvalue weighted by Gasteiger charge is 2.36. The number of carbonyl (C=O) groups excluding carboxylic acids is 2. The maximum atomic E-state index is 13.3. The van der Waals surface area contributed by atoms with Gasteiger partial charge in [0.15, 0.2) is 12.0 Å². The highest BCUT2D eigenvalue weighted by Crippen LogP contribution is 2.30. The van der Waals surface area contributed by atoms with Crippen molar-refractivity contribution in [1.82, 2.24) is 19.4 Å². The standard InChI is InChI=1S/C24H30N5O5/c1-24(2,3)34-23(31)29-11-9-18-16(21(29)30)15-19(17-8-10-26-22(25-4)27-17)28(18)12-14-33-20-7-5-6-13-32-20/h4,8,10,15,20H,5-7,9,11-14H2,1-3H3/q+1. The van der Waals surface area contributed by atoms with Gasteiger partial charge in [0.2, 0.25) is 0 Å². The van der Waals surface area contributed by atoms with Crippen LogP contribution in [-0.2, 0) is 27.2 Å². The largest absolute Gasteiger partial charge is 0.530 e. The summed E-state index contributed by atoms with van der Waals surface area (Å²) in [5.41, 5.74) is 1.82. The number of carbonyl (C=O) groups is 2. The quantitative estimate of drug-likeness (QED) is 0.653. The van der Waals surface area contributed by atoms with Crippen molar-refractivity contribution in [2.45, 2.75) is 64.9 Å². The fourth-order valence-corrected chi connectivity index (χ4v) is 4.14. The Kier molecular flexibility index (Phi) is 6.95. The zero-order valence-electron chi connectivity index (χ0n) is 19.8. The molecule has 4 heterocycles. The lowest BCUT2D eigenvalue weighted by Crippen LogP contribution is -2.44. The first-order chi connectivity index (χ1) is 16.3. The fourth-order valence-electron chi connectivity index (χ4n) is 4.14. The second-order valence-electron chi connectivity index (χ2n) is 9.27. The van der Waals surface area contributed by atoms with Gasteiger partial charge in [0.05, 0.1) is 17.9 Å². The Morgan fingerprint density at radius 3 is 2.88 bits per heavy atom. The Balaban J connectivity index is 1.63. The summed E-state index contributed by atoms with van der Waals surface area (Å²) < 4.78 is 19.0. The molecule has 0 radical (unpaired) electrons. The van der Waals surface area contributed by atoms with Crippen molar-refractivity contribution in [3.05, 3.63) is 34.4 Å². The second kappa shape index (κ2) is 9.91. The van der Waals surface area contributed by atoms with E-state index < -0.39 is 17.6 Å². The van der Waals surface area contributed by atoms with Crippen molar-refractivity contribution < 1.29 is 23.8 Å². The lowest BCUT2D eigenvalue weighted by atomic mass is 10.1. The van der Waals surface area contributed by atoms with Gasteiger partial charge in [-0.05, 0) is 46.1 Å². The van der Waals surface area contributed by atoms with Gasteiger partial charge >= 0.3 is 12.0 Å². The van der Waals surface area contributed by atoms with E-state index in [-0.39, 0.29) is 18.8 Å². The van der Waals surface area contributed by atoms with Crippen molar-refractivity contribution in [3.8, 4) is 18.0 Å². The van der Waals surface area contributed by atoms with Crippen LogP contribution in [0.2, 0.25) is 0 Å². The van der Waals surface area contributed by atoms with Crippen molar-refractivity contribution in [2.75, 3.05) is 19.8 Å². The Labute approximate surface area is 198 Å². The van der Waals surface area contributed by atoms with E-state index in [1.165, 1.54) is 0 Å². The van der Waals surface area contributed by atoms with Gasteiger partial charge in [0, 0.05) is 37.9 Å². The molecule has 0 aliphatic carbocycles. The number of hydrogen-bond acceptors (Lipinski definition) is 7. The lowest BCUT2D eigenvalue weighted by Gasteiger charge is -2.29. The minimum Gasteiger partial charge on any atom is -0.443 e. The molecule has 0 aromatic carbocycles. The smallest absolute Gasteiger partial charge is 0.443 e. The number of rotatable bonds is 5. The van der Waals surface area contributed by atoms with Crippen LogP contribution >= 0.6 is 0 Å². The van der Waals surface area contributed by atoms with Gasteiger partial charge in [-0.1, -0.05) is 9.97 Å². The monoisotopic (exact) mass is 468 g/mol. The maximum Gasteiger partial charge on any atom is 0.530 e. The van der Waals surface area contributed by atoms with Crippen LogP contribution in [-0.4, -0.2) is 63.1 Å². The van der Waals surface area contributed by atoms with Crippen molar-refractivity contribution >= 4 is 17.9 Å². The number of amides is 2. The van der Waals surface area contributed by atoms with Gasteiger partial charge in [-0.3, -0.25) is 4.79 Å². The maximum absolute atomic E-state index is 13.3. The van der Waals surface area contributed by atoms with Gasteiger partial charge in [-0.2, -0.15) is 4.85 Å². The topological polar surface area (TPSA) is 100 Å². The van der Waals surface area contributed by atoms with E-state index in [0.29, 0.717) is 43.1 Å². The van der Waals surface area contributed by atoms with Gasteiger partial charge < -0.3 is 18.8 Å². The van der Waals surface area contributed by atoms with E-state index in [4.69, 9.17) is 20.8 Å². The lowest BCUT2D eigenvalue weighted by molar-refractivity contribution is -0.163. The van der Waals surface area contributed by atoms with Crippen LogP contribution in [0.3, 0.4) is 0 Å². The number of aromatic nitrogens is 3. The zero-order chi connectivity index (χ0) is 24.3. The van der Waals surface area contributed by atoms with Crippen LogP contribution in [0, 0.1) is 6.57 Å². The summed E-state index contributed by atoms with van der Waals surface area (Å²) >= 11 is 0. The molecule has 2 aliphatic rings. The first kappa shape index (κ1) is 23.9. The molecule has 2 aromatic heterocycles. The van der Waals surface area contributed by atoms with Crippen LogP contribution in [0.5, 0.6) is 0 Å². The molecule has 2 amide bonds. The molecule has 10 nitrogen and oxygen atoms in total. The molecule has 10 heteroatoms. The average molecular weight is 469 g/mol. The Bertz CT molecular complexity index is 1110. The zero-order valence-corrected chi connectivity index (χ0v) is 19.8. The summed E-state index contributed by atoms with van der Waals surface area (Å²) in [6.07, 6.45) is 4.18. The van der Waals surface area contributed by atoms with Gasteiger partial charge in [0.25, 0.3) is 5.91 Å². The molecule has 0 bridgehead atoms. The normalized spacial score (nSPS) is 18.4.